The Kier molecular flexibility index (Phi) is 4.16. The van der Waals surface area contributed by atoms with Gasteiger partial charge in [-0.1, -0.05) is 12.1 Å². The minimum Gasteiger partial charge on any atom is -0.483 e. The predicted octanol–water partition coefficient (Wildman–Crippen LogP) is 1.82. The molecular weight excluding hydrogens is 190 g/mol. The van der Waals surface area contributed by atoms with Gasteiger partial charge in [-0.2, -0.15) is 0 Å². The number of hydrogen-bond donors (Lipinski definition) is 1. The van der Waals surface area contributed by atoms with Crippen LogP contribution in [0.5, 0.6) is 5.75 Å². The van der Waals surface area contributed by atoms with Crippen molar-refractivity contribution in [2.75, 3.05) is 13.2 Å². The molecule has 0 unspecified atom stereocenters. The maximum atomic E-state index is 11.2. The lowest BCUT2D eigenvalue weighted by atomic mass is 10.1. The molecule has 1 amide bonds. The normalized spacial score (nSPS) is 9.80. The lowest BCUT2D eigenvalue weighted by Gasteiger charge is -2.09. The van der Waals surface area contributed by atoms with E-state index >= 15 is 0 Å². The van der Waals surface area contributed by atoms with E-state index in [0.29, 0.717) is 6.54 Å². The Balaban J connectivity index is 2.57. The molecule has 1 N–H and O–H groups in total. The third-order valence-corrected chi connectivity index (χ3v) is 2.08. The van der Waals surface area contributed by atoms with E-state index in [-0.39, 0.29) is 12.5 Å². The van der Waals surface area contributed by atoms with Crippen molar-refractivity contribution in [3.05, 3.63) is 29.3 Å². The first-order valence-corrected chi connectivity index (χ1v) is 5.10. The fourth-order valence-electron chi connectivity index (χ4n) is 1.25. The van der Waals surface area contributed by atoms with Gasteiger partial charge >= 0.3 is 0 Å². The number of likely N-dealkylation sites (N-methyl/N-ethyl adjacent to an activating group) is 1. The Morgan fingerprint density at radius 2 is 2.13 bits per heavy atom. The number of amides is 1. The summed E-state index contributed by atoms with van der Waals surface area (Å²) in [5.41, 5.74) is 2.18. The number of aryl methyl sites for hydroxylation is 2. The Hall–Kier alpha value is -1.51. The zero-order valence-electron chi connectivity index (χ0n) is 9.46. The molecule has 0 aromatic heterocycles. The molecule has 15 heavy (non-hydrogen) atoms. The molecule has 82 valence electrons. The smallest absolute Gasteiger partial charge is 0.257 e. The molecular formula is C12H17NO2. The molecule has 0 atom stereocenters. The molecule has 0 spiro atoms. The highest BCUT2D eigenvalue weighted by Gasteiger charge is 2.03. The Morgan fingerprint density at radius 3 is 2.80 bits per heavy atom. The van der Waals surface area contributed by atoms with Gasteiger partial charge in [-0.25, -0.2) is 0 Å². The number of nitrogens with one attached hydrogen (secondary N) is 1. The first kappa shape index (κ1) is 11.6. The van der Waals surface area contributed by atoms with Crippen LogP contribution in [0, 0.1) is 13.8 Å². The van der Waals surface area contributed by atoms with Gasteiger partial charge in [-0.3, -0.25) is 4.79 Å². The van der Waals surface area contributed by atoms with E-state index in [1.165, 1.54) is 0 Å². The topological polar surface area (TPSA) is 38.3 Å². The fraction of sp³-hybridized carbons (Fsp3) is 0.417. The van der Waals surface area contributed by atoms with Crippen molar-refractivity contribution >= 4 is 5.91 Å². The van der Waals surface area contributed by atoms with Crippen LogP contribution in [0.15, 0.2) is 18.2 Å². The third-order valence-electron chi connectivity index (χ3n) is 2.08. The number of ether oxygens (including phenoxy) is 1. The van der Waals surface area contributed by atoms with Crippen molar-refractivity contribution in [2.24, 2.45) is 0 Å². The number of carbonyl (C=O) groups excluding carboxylic acids is 1. The molecule has 0 heterocycles. The van der Waals surface area contributed by atoms with Gasteiger partial charge in [0.05, 0.1) is 0 Å². The van der Waals surface area contributed by atoms with Crippen LogP contribution in [0.1, 0.15) is 18.1 Å². The summed E-state index contributed by atoms with van der Waals surface area (Å²) in [7, 11) is 0. The number of rotatable bonds is 4. The SMILES string of the molecule is CCNC(=O)COc1cc(C)ccc1C. The summed E-state index contributed by atoms with van der Waals surface area (Å²) in [6, 6.07) is 5.95. The average Bonchev–Trinajstić information content (AvgIpc) is 2.20. The van der Waals surface area contributed by atoms with E-state index in [9.17, 15) is 4.79 Å². The molecule has 0 bridgehead atoms. The first-order valence-electron chi connectivity index (χ1n) is 5.10. The first-order chi connectivity index (χ1) is 7.13. The molecule has 3 nitrogen and oxygen atoms in total. The van der Waals surface area contributed by atoms with E-state index in [0.717, 1.165) is 16.9 Å². The van der Waals surface area contributed by atoms with Crippen LogP contribution in [0.25, 0.3) is 0 Å². The molecule has 0 saturated carbocycles. The second kappa shape index (κ2) is 5.39. The van der Waals surface area contributed by atoms with Crippen molar-refractivity contribution in [1.82, 2.24) is 5.32 Å². The van der Waals surface area contributed by atoms with Gasteiger partial charge in [0.15, 0.2) is 6.61 Å². The second-order valence-corrected chi connectivity index (χ2v) is 3.51. The van der Waals surface area contributed by atoms with Crippen molar-refractivity contribution in [1.29, 1.82) is 0 Å². The van der Waals surface area contributed by atoms with Crippen LogP contribution in [0.3, 0.4) is 0 Å². The lowest BCUT2D eigenvalue weighted by molar-refractivity contribution is -0.122. The molecule has 0 saturated heterocycles. The summed E-state index contributed by atoms with van der Waals surface area (Å²) < 4.78 is 5.42. The van der Waals surface area contributed by atoms with Crippen molar-refractivity contribution < 1.29 is 9.53 Å². The Morgan fingerprint density at radius 1 is 1.40 bits per heavy atom. The predicted molar refractivity (Wildman–Crippen MR) is 60.1 cm³/mol. The maximum absolute atomic E-state index is 11.2. The van der Waals surface area contributed by atoms with E-state index in [4.69, 9.17) is 4.74 Å². The molecule has 1 aromatic carbocycles. The third kappa shape index (κ3) is 3.62. The van der Waals surface area contributed by atoms with Crippen LogP contribution in [0.2, 0.25) is 0 Å². The van der Waals surface area contributed by atoms with Crippen LogP contribution in [0.4, 0.5) is 0 Å². The summed E-state index contributed by atoms with van der Waals surface area (Å²) in [4.78, 5) is 11.2. The molecule has 0 aliphatic heterocycles. The van der Waals surface area contributed by atoms with Gasteiger partial charge in [-0.05, 0) is 38.0 Å². The van der Waals surface area contributed by atoms with Gasteiger partial charge in [-0.15, -0.1) is 0 Å². The number of carbonyl (C=O) groups is 1. The molecule has 1 aromatic rings. The van der Waals surface area contributed by atoms with E-state index < -0.39 is 0 Å². The Bertz CT molecular complexity index is 347. The lowest BCUT2D eigenvalue weighted by Crippen LogP contribution is -2.28. The maximum Gasteiger partial charge on any atom is 0.257 e. The summed E-state index contributed by atoms with van der Waals surface area (Å²) in [6.07, 6.45) is 0. The van der Waals surface area contributed by atoms with Crippen LogP contribution in [-0.2, 0) is 4.79 Å². The van der Waals surface area contributed by atoms with E-state index in [2.05, 4.69) is 5.32 Å². The number of hydrogen-bond acceptors (Lipinski definition) is 2. The summed E-state index contributed by atoms with van der Waals surface area (Å²) in [5, 5.41) is 2.69. The van der Waals surface area contributed by atoms with Crippen molar-refractivity contribution in [3.63, 3.8) is 0 Å². The quantitative estimate of drug-likeness (QED) is 0.817. The summed E-state index contributed by atoms with van der Waals surface area (Å²) in [5.74, 6) is 0.694. The van der Waals surface area contributed by atoms with Crippen LogP contribution in [-0.4, -0.2) is 19.1 Å². The van der Waals surface area contributed by atoms with Gasteiger partial charge in [0.2, 0.25) is 0 Å². The molecule has 3 heteroatoms. The second-order valence-electron chi connectivity index (χ2n) is 3.51. The van der Waals surface area contributed by atoms with Crippen LogP contribution < -0.4 is 10.1 Å². The molecule has 0 aliphatic carbocycles. The highest BCUT2D eigenvalue weighted by Crippen LogP contribution is 2.18. The molecule has 0 aliphatic rings. The zero-order valence-corrected chi connectivity index (χ0v) is 9.46. The Labute approximate surface area is 90.4 Å². The van der Waals surface area contributed by atoms with Gasteiger partial charge < -0.3 is 10.1 Å². The van der Waals surface area contributed by atoms with Gasteiger partial charge in [0.25, 0.3) is 5.91 Å². The van der Waals surface area contributed by atoms with E-state index in [1.807, 2.05) is 39.0 Å². The van der Waals surface area contributed by atoms with Crippen molar-refractivity contribution in [3.8, 4) is 5.75 Å². The molecule has 0 radical (unpaired) electrons. The largest absolute Gasteiger partial charge is 0.483 e. The van der Waals surface area contributed by atoms with E-state index in [1.54, 1.807) is 0 Å². The summed E-state index contributed by atoms with van der Waals surface area (Å²) >= 11 is 0. The summed E-state index contributed by atoms with van der Waals surface area (Å²) in [6.45, 7) is 6.56. The number of benzene rings is 1. The minimum absolute atomic E-state index is 0.0815. The zero-order chi connectivity index (χ0) is 11.3. The van der Waals surface area contributed by atoms with Crippen molar-refractivity contribution in [2.45, 2.75) is 20.8 Å². The molecule has 0 fully saturated rings. The molecule has 1 rings (SSSR count). The standard InChI is InChI=1S/C12H17NO2/c1-4-13-12(14)8-15-11-7-9(2)5-6-10(11)3/h5-7H,4,8H2,1-3H3,(H,13,14). The average molecular weight is 207 g/mol. The minimum atomic E-state index is -0.0848. The van der Waals surface area contributed by atoms with Gasteiger partial charge in [0, 0.05) is 6.54 Å². The fourth-order valence-corrected chi connectivity index (χ4v) is 1.25. The highest BCUT2D eigenvalue weighted by atomic mass is 16.5. The monoisotopic (exact) mass is 207 g/mol. The van der Waals surface area contributed by atoms with Crippen LogP contribution >= 0.6 is 0 Å². The highest BCUT2D eigenvalue weighted by molar-refractivity contribution is 5.77. The van der Waals surface area contributed by atoms with Gasteiger partial charge in [0.1, 0.15) is 5.75 Å².